The van der Waals surface area contributed by atoms with Crippen LogP contribution in [0.2, 0.25) is 5.02 Å². The molecular weight excluding hydrogens is 332 g/mol. The molecule has 8 heteroatoms. The number of rotatable bonds is 2. The lowest BCUT2D eigenvalue weighted by atomic mass is 10.1. The molecule has 0 saturated carbocycles. The van der Waals surface area contributed by atoms with Crippen molar-refractivity contribution in [2.24, 2.45) is 5.73 Å². The maximum Gasteiger partial charge on any atom is 0.255 e. The fourth-order valence-corrected chi connectivity index (χ4v) is 2.50. The van der Waals surface area contributed by atoms with Gasteiger partial charge in [-0.1, -0.05) is 11.6 Å². The van der Waals surface area contributed by atoms with Crippen LogP contribution in [0.25, 0.3) is 0 Å². The van der Waals surface area contributed by atoms with Gasteiger partial charge in [-0.2, -0.15) is 0 Å². The number of nitrogens with two attached hydrogens (primary N) is 1. The summed E-state index contributed by atoms with van der Waals surface area (Å²) in [6.45, 7) is 3.32. The van der Waals surface area contributed by atoms with Crippen molar-refractivity contribution in [3.8, 4) is 0 Å². The van der Waals surface area contributed by atoms with E-state index in [4.69, 9.17) is 17.3 Å². The molecule has 0 radical (unpaired) electrons. The van der Waals surface area contributed by atoms with Gasteiger partial charge in [0.15, 0.2) is 0 Å². The van der Waals surface area contributed by atoms with Gasteiger partial charge in [0.25, 0.3) is 5.91 Å². The van der Waals surface area contributed by atoms with E-state index in [1.54, 1.807) is 16.7 Å². The summed E-state index contributed by atoms with van der Waals surface area (Å²) in [4.78, 5) is 27.3. The van der Waals surface area contributed by atoms with E-state index in [-0.39, 0.29) is 34.8 Å². The number of nitrogens with zero attached hydrogens (tertiary/aromatic N) is 2. The molecule has 1 saturated heterocycles. The first kappa shape index (κ1) is 18.7. The zero-order valence-electron chi connectivity index (χ0n) is 12.1. The Bertz CT molecular complexity index is 561. The average molecular weight is 350 g/mol. The molecule has 1 aromatic carbocycles. The second-order valence-corrected chi connectivity index (χ2v) is 5.44. The fourth-order valence-electron chi connectivity index (χ4n) is 2.25. The molecule has 1 aromatic rings. The van der Waals surface area contributed by atoms with Gasteiger partial charge in [0.05, 0.1) is 16.6 Å². The number of amides is 2. The molecule has 5 nitrogen and oxygen atoms in total. The number of benzene rings is 1. The molecule has 0 aromatic heterocycles. The van der Waals surface area contributed by atoms with Crippen LogP contribution in [0.5, 0.6) is 0 Å². The standard InChI is InChI=1S/C14H17ClFN3O2.ClH/c1-9(17)13(20)18-4-6-19(7-5-18)14(21)11-3-2-10(16)8-12(11)15;/h2-3,8-9H,4-7,17H2,1H3;1H/t9-;/m1./s1. The van der Waals surface area contributed by atoms with Crippen molar-refractivity contribution in [2.45, 2.75) is 13.0 Å². The third-order valence-corrected chi connectivity index (χ3v) is 3.74. The Hall–Kier alpha value is -1.37. The van der Waals surface area contributed by atoms with Crippen LogP contribution in [0.1, 0.15) is 17.3 Å². The molecule has 0 bridgehead atoms. The van der Waals surface area contributed by atoms with Gasteiger partial charge < -0.3 is 15.5 Å². The summed E-state index contributed by atoms with van der Waals surface area (Å²) in [6, 6.07) is 3.15. The predicted octanol–water partition coefficient (Wildman–Crippen LogP) is 1.53. The number of carbonyl (C=O) groups excluding carboxylic acids is 2. The van der Waals surface area contributed by atoms with Crippen LogP contribution in [-0.2, 0) is 4.79 Å². The third kappa shape index (κ3) is 4.09. The minimum absolute atomic E-state index is 0. The molecule has 2 N–H and O–H groups in total. The van der Waals surface area contributed by atoms with E-state index in [9.17, 15) is 14.0 Å². The summed E-state index contributed by atoms with van der Waals surface area (Å²) < 4.78 is 13.0. The molecule has 1 aliphatic heterocycles. The summed E-state index contributed by atoms with van der Waals surface area (Å²) in [5.74, 6) is -0.862. The molecule has 1 aliphatic rings. The molecule has 1 atom stereocenters. The molecule has 2 amide bonds. The summed E-state index contributed by atoms with van der Waals surface area (Å²) in [6.07, 6.45) is 0. The molecule has 0 spiro atoms. The highest BCUT2D eigenvalue weighted by molar-refractivity contribution is 6.33. The Morgan fingerprint density at radius 2 is 1.77 bits per heavy atom. The van der Waals surface area contributed by atoms with Gasteiger partial charge in [-0.05, 0) is 25.1 Å². The Morgan fingerprint density at radius 1 is 1.23 bits per heavy atom. The van der Waals surface area contributed by atoms with Gasteiger partial charge in [-0.3, -0.25) is 9.59 Å². The lowest BCUT2D eigenvalue weighted by Gasteiger charge is -2.35. The maximum absolute atomic E-state index is 13.0. The van der Waals surface area contributed by atoms with Crippen molar-refractivity contribution in [1.29, 1.82) is 0 Å². The second-order valence-electron chi connectivity index (χ2n) is 5.03. The van der Waals surface area contributed by atoms with Gasteiger partial charge in [0, 0.05) is 26.2 Å². The van der Waals surface area contributed by atoms with Gasteiger partial charge in [-0.25, -0.2) is 4.39 Å². The Labute approximate surface area is 139 Å². The number of carbonyl (C=O) groups is 2. The summed E-state index contributed by atoms with van der Waals surface area (Å²) in [5, 5.41) is 0.0917. The van der Waals surface area contributed by atoms with E-state index >= 15 is 0 Å². The molecule has 0 unspecified atom stereocenters. The fraction of sp³-hybridized carbons (Fsp3) is 0.429. The van der Waals surface area contributed by atoms with Crippen LogP contribution < -0.4 is 5.73 Å². The van der Waals surface area contributed by atoms with Crippen LogP contribution in [0, 0.1) is 5.82 Å². The minimum atomic E-state index is -0.543. The van der Waals surface area contributed by atoms with Gasteiger partial charge in [0.1, 0.15) is 5.82 Å². The van der Waals surface area contributed by atoms with Crippen molar-refractivity contribution in [3.63, 3.8) is 0 Å². The van der Waals surface area contributed by atoms with Crippen molar-refractivity contribution < 1.29 is 14.0 Å². The van der Waals surface area contributed by atoms with Crippen LogP contribution in [0.4, 0.5) is 4.39 Å². The highest BCUT2D eigenvalue weighted by Crippen LogP contribution is 2.20. The molecule has 2 rings (SSSR count). The number of hydrogen-bond donors (Lipinski definition) is 1. The highest BCUT2D eigenvalue weighted by atomic mass is 35.5. The zero-order chi connectivity index (χ0) is 15.6. The zero-order valence-corrected chi connectivity index (χ0v) is 13.7. The highest BCUT2D eigenvalue weighted by Gasteiger charge is 2.27. The van der Waals surface area contributed by atoms with Crippen LogP contribution >= 0.6 is 24.0 Å². The smallest absolute Gasteiger partial charge is 0.255 e. The van der Waals surface area contributed by atoms with Crippen LogP contribution in [-0.4, -0.2) is 53.8 Å². The summed E-state index contributed by atoms with van der Waals surface area (Å²) >= 11 is 5.90. The topological polar surface area (TPSA) is 66.6 Å². The quantitative estimate of drug-likeness (QED) is 0.880. The van der Waals surface area contributed by atoms with E-state index < -0.39 is 11.9 Å². The van der Waals surface area contributed by atoms with E-state index in [2.05, 4.69) is 0 Å². The number of halogens is 3. The molecule has 122 valence electrons. The van der Waals surface area contributed by atoms with Crippen molar-refractivity contribution in [2.75, 3.05) is 26.2 Å². The van der Waals surface area contributed by atoms with Crippen LogP contribution in [0.3, 0.4) is 0 Å². The summed E-state index contributed by atoms with van der Waals surface area (Å²) in [7, 11) is 0. The molecule has 22 heavy (non-hydrogen) atoms. The third-order valence-electron chi connectivity index (χ3n) is 3.43. The maximum atomic E-state index is 13.0. The van der Waals surface area contributed by atoms with Crippen LogP contribution in [0.15, 0.2) is 18.2 Å². The lowest BCUT2D eigenvalue weighted by Crippen LogP contribution is -2.53. The van der Waals surface area contributed by atoms with Crippen molar-refractivity contribution in [1.82, 2.24) is 9.80 Å². The largest absolute Gasteiger partial charge is 0.338 e. The summed E-state index contributed by atoms with van der Waals surface area (Å²) in [5.41, 5.74) is 5.83. The monoisotopic (exact) mass is 349 g/mol. The van der Waals surface area contributed by atoms with Crippen molar-refractivity contribution >= 4 is 35.8 Å². The Kier molecular flexibility index (Phi) is 6.59. The predicted molar refractivity (Wildman–Crippen MR) is 84.8 cm³/mol. The SMILES string of the molecule is C[C@@H](N)C(=O)N1CCN(C(=O)c2ccc(F)cc2Cl)CC1.Cl. The Balaban J connectivity index is 0.00000242. The molecule has 0 aliphatic carbocycles. The molecular formula is C14H18Cl2FN3O2. The van der Waals surface area contributed by atoms with Gasteiger partial charge in [0.2, 0.25) is 5.91 Å². The van der Waals surface area contributed by atoms with E-state index in [1.807, 2.05) is 0 Å². The van der Waals surface area contributed by atoms with Gasteiger partial charge in [-0.15, -0.1) is 12.4 Å². The molecule has 1 heterocycles. The molecule has 1 fully saturated rings. The first-order valence-corrected chi connectivity index (χ1v) is 7.06. The first-order chi connectivity index (χ1) is 9.90. The van der Waals surface area contributed by atoms with E-state index in [0.717, 1.165) is 6.07 Å². The first-order valence-electron chi connectivity index (χ1n) is 6.69. The van der Waals surface area contributed by atoms with Crippen molar-refractivity contribution in [3.05, 3.63) is 34.6 Å². The van der Waals surface area contributed by atoms with E-state index in [0.29, 0.717) is 26.2 Å². The lowest BCUT2D eigenvalue weighted by molar-refractivity contribution is -0.133. The Morgan fingerprint density at radius 3 is 2.27 bits per heavy atom. The second kappa shape index (κ2) is 7.76. The number of hydrogen-bond acceptors (Lipinski definition) is 3. The number of piperazine rings is 1. The normalized spacial score (nSPS) is 16.0. The average Bonchev–Trinajstić information content (AvgIpc) is 2.46. The minimum Gasteiger partial charge on any atom is -0.338 e. The van der Waals surface area contributed by atoms with Gasteiger partial charge >= 0.3 is 0 Å². The van der Waals surface area contributed by atoms with E-state index in [1.165, 1.54) is 12.1 Å².